The van der Waals surface area contributed by atoms with Gasteiger partial charge >= 0.3 is 0 Å². The summed E-state index contributed by atoms with van der Waals surface area (Å²) in [6.45, 7) is 6.76. The SMILES string of the molecule is CC(C)c1ncc2c(n1)CCN(Cc1ncc(-c3ccc(F)cc3)[nH]1)C2. The third-order valence-corrected chi connectivity index (χ3v) is 4.71. The number of nitrogens with one attached hydrogen (secondary N) is 1. The third kappa shape index (κ3) is 3.51. The highest BCUT2D eigenvalue weighted by atomic mass is 19.1. The molecule has 0 saturated heterocycles. The van der Waals surface area contributed by atoms with Crippen molar-refractivity contribution in [3.8, 4) is 11.3 Å². The van der Waals surface area contributed by atoms with Gasteiger partial charge in [0.25, 0.3) is 0 Å². The Morgan fingerprint density at radius 3 is 2.73 bits per heavy atom. The Balaban J connectivity index is 1.45. The fourth-order valence-electron chi connectivity index (χ4n) is 3.23. The summed E-state index contributed by atoms with van der Waals surface area (Å²) < 4.78 is 13.1. The van der Waals surface area contributed by atoms with E-state index in [1.54, 1.807) is 18.3 Å². The molecule has 0 aliphatic carbocycles. The first kappa shape index (κ1) is 16.8. The molecule has 0 amide bonds. The van der Waals surface area contributed by atoms with Gasteiger partial charge in [-0.2, -0.15) is 0 Å². The van der Waals surface area contributed by atoms with E-state index in [1.165, 1.54) is 23.4 Å². The van der Waals surface area contributed by atoms with Crippen molar-refractivity contribution in [2.75, 3.05) is 6.54 Å². The van der Waals surface area contributed by atoms with E-state index in [1.807, 2.05) is 6.20 Å². The van der Waals surface area contributed by atoms with Crippen LogP contribution in [0, 0.1) is 5.82 Å². The lowest BCUT2D eigenvalue weighted by molar-refractivity contribution is 0.237. The quantitative estimate of drug-likeness (QED) is 0.779. The second kappa shape index (κ2) is 6.96. The van der Waals surface area contributed by atoms with Crippen molar-refractivity contribution in [3.05, 3.63) is 65.4 Å². The second-order valence-electron chi connectivity index (χ2n) is 7.07. The summed E-state index contributed by atoms with van der Waals surface area (Å²) in [5.74, 6) is 1.95. The number of hydrogen-bond donors (Lipinski definition) is 1. The van der Waals surface area contributed by atoms with Gasteiger partial charge in [0.1, 0.15) is 17.5 Å². The van der Waals surface area contributed by atoms with E-state index in [9.17, 15) is 4.39 Å². The van der Waals surface area contributed by atoms with Gasteiger partial charge in [0.15, 0.2) is 0 Å². The predicted octanol–water partition coefficient (Wildman–Crippen LogP) is 3.69. The minimum atomic E-state index is -0.233. The first-order valence-electron chi connectivity index (χ1n) is 8.95. The molecule has 0 unspecified atom stereocenters. The smallest absolute Gasteiger partial charge is 0.131 e. The Labute approximate surface area is 152 Å². The van der Waals surface area contributed by atoms with Crippen molar-refractivity contribution in [1.29, 1.82) is 0 Å². The van der Waals surface area contributed by atoms with Crippen LogP contribution in [0.2, 0.25) is 0 Å². The number of aromatic nitrogens is 4. The first-order valence-corrected chi connectivity index (χ1v) is 8.95. The molecule has 134 valence electrons. The van der Waals surface area contributed by atoms with Gasteiger partial charge in [0.2, 0.25) is 0 Å². The highest BCUT2D eigenvalue weighted by Crippen LogP contribution is 2.21. The van der Waals surface area contributed by atoms with Crippen molar-refractivity contribution in [2.24, 2.45) is 0 Å². The van der Waals surface area contributed by atoms with E-state index in [0.717, 1.165) is 49.0 Å². The fourth-order valence-corrected chi connectivity index (χ4v) is 3.23. The molecule has 5 nitrogen and oxygen atoms in total. The fraction of sp³-hybridized carbons (Fsp3) is 0.350. The molecule has 0 bridgehead atoms. The van der Waals surface area contributed by atoms with Gasteiger partial charge in [-0.05, 0) is 29.8 Å². The Bertz CT molecular complexity index is 901. The van der Waals surface area contributed by atoms with E-state index in [2.05, 4.69) is 33.7 Å². The van der Waals surface area contributed by atoms with Crippen molar-refractivity contribution >= 4 is 0 Å². The molecule has 2 aromatic heterocycles. The summed E-state index contributed by atoms with van der Waals surface area (Å²) >= 11 is 0. The summed E-state index contributed by atoms with van der Waals surface area (Å²) in [7, 11) is 0. The molecule has 0 spiro atoms. The van der Waals surface area contributed by atoms with E-state index >= 15 is 0 Å². The van der Waals surface area contributed by atoms with Crippen LogP contribution < -0.4 is 0 Å². The van der Waals surface area contributed by atoms with Crippen LogP contribution in [0.4, 0.5) is 4.39 Å². The van der Waals surface area contributed by atoms with E-state index in [0.29, 0.717) is 5.92 Å². The van der Waals surface area contributed by atoms with Crippen LogP contribution in [0.1, 0.15) is 42.7 Å². The van der Waals surface area contributed by atoms with Gasteiger partial charge < -0.3 is 4.98 Å². The van der Waals surface area contributed by atoms with Crippen molar-refractivity contribution in [3.63, 3.8) is 0 Å². The highest BCUT2D eigenvalue weighted by Gasteiger charge is 2.20. The van der Waals surface area contributed by atoms with E-state index < -0.39 is 0 Å². The highest BCUT2D eigenvalue weighted by molar-refractivity contribution is 5.58. The van der Waals surface area contributed by atoms with E-state index in [-0.39, 0.29) is 5.82 Å². The molecule has 26 heavy (non-hydrogen) atoms. The van der Waals surface area contributed by atoms with Crippen LogP contribution in [0.15, 0.2) is 36.7 Å². The molecule has 0 saturated carbocycles. The summed E-state index contributed by atoms with van der Waals surface area (Å²) in [6, 6.07) is 6.44. The molecule has 0 radical (unpaired) electrons. The summed E-state index contributed by atoms with van der Waals surface area (Å²) in [6.07, 6.45) is 4.71. The zero-order valence-electron chi connectivity index (χ0n) is 15.0. The average Bonchev–Trinajstić information content (AvgIpc) is 3.10. The van der Waals surface area contributed by atoms with E-state index in [4.69, 9.17) is 4.98 Å². The molecular formula is C20H22FN5. The second-order valence-corrected chi connectivity index (χ2v) is 7.07. The van der Waals surface area contributed by atoms with Crippen molar-refractivity contribution < 1.29 is 4.39 Å². The standard InChI is InChI=1S/C20H22FN5/c1-13(2)20-23-9-15-11-26(8-7-17(15)25-20)12-19-22-10-18(24-19)14-3-5-16(21)6-4-14/h3-6,9-10,13H,7-8,11-12H2,1-2H3,(H,22,24). The molecule has 3 aromatic rings. The molecule has 0 atom stereocenters. The van der Waals surface area contributed by atoms with Crippen LogP contribution in [-0.2, 0) is 19.5 Å². The number of H-pyrrole nitrogens is 1. The summed E-state index contributed by atoms with van der Waals surface area (Å²) in [5, 5.41) is 0. The number of hydrogen-bond acceptors (Lipinski definition) is 4. The largest absolute Gasteiger partial charge is 0.341 e. The Kier molecular flexibility index (Phi) is 4.51. The van der Waals surface area contributed by atoms with Gasteiger partial charge in [-0.3, -0.25) is 4.90 Å². The maximum Gasteiger partial charge on any atom is 0.131 e. The molecule has 1 N–H and O–H groups in total. The molecule has 4 rings (SSSR count). The van der Waals surface area contributed by atoms with Crippen LogP contribution in [0.3, 0.4) is 0 Å². The molecule has 0 fully saturated rings. The lowest BCUT2D eigenvalue weighted by Crippen LogP contribution is -2.31. The molecular weight excluding hydrogens is 329 g/mol. The summed E-state index contributed by atoms with van der Waals surface area (Å²) in [4.78, 5) is 19.4. The van der Waals surface area contributed by atoms with Crippen LogP contribution in [-0.4, -0.2) is 31.4 Å². The molecule has 3 heterocycles. The van der Waals surface area contributed by atoms with Crippen LogP contribution in [0.25, 0.3) is 11.3 Å². The number of rotatable bonds is 4. The van der Waals surface area contributed by atoms with Gasteiger partial charge in [-0.1, -0.05) is 13.8 Å². The maximum atomic E-state index is 13.1. The topological polar surface area (TPSA) is 57.7 Å². The normalized spacial score (nSPS) is 14.6. The number of nitrogens with zero attached hydrogens (tertiary/aromatic N) is 4. The van der Waals surface area contributed by atoms with Gasteiger partial charge in [-0.25, -0.2) is 19.3 Å². The summed E-state index contributed by atoms with van der Waals surface area (Å²) in [5.41, 5.74) is 4.21. The number of halogens is 1. The minimum absolute atomic E-state index is 0.233. The van der Waals surface area contributed by atoms with Crippen molar-refractivity contribution in [1.82, 2.24) is 24.8 Å². The first-order chi connectivity index (χ1) is 12.6. The zero-order chi connectivity index (χ0) is 18.1. The molecule has 1 aliphatic rings. The monoisotopic (exact) mass is 351 g/mol. The molecule has 1 aromatic carbocycles. The Morgan fingerprint density at radius 1 is 1.15 bits per heavy atom. The number of benzene rings is 1. The molecule has 6 heteroatoms. The minimum Gasteiger partial charge on any atom is -0.341 e. The van der Waals surface area contributed by atoms with Crippen LogP contribution in [0.5, 0.6) is 0 Å². The lowest BCUT2D eigenvalue weighted by atomic mass is 10.1. The number of imidazole rings is 1. The van der Waals surface area contributed by atoms with Crippen molar-refractivity contribution in [2.45, 2.75) is 39.3 Å². The van der Waals surface area contributed by atoms with Gasteiger partial charge in [0.05, 0.1) is 18.4 Å². The Hall–Kier alpha value is -2.60. The predicted molar refractivity (Wildman–Crippen MR) is 97.9 cm³/mol. The van der Waals surface area contributed by atoms with Gasteiger partial charge in [0, 0.05) is 42.9 Å². The zero-order valence-corrected chi connectivity index (χ0v) is 15.0. The lowest BCUT2D eigenvalue weighted by Gasteiger charge is -2.27. The number of aromatic amines is 1. The third-order valence-electron chi connectivity index (χ3n) is 4.71. The van der Waals surface area contributed by atoms with Gasteiger partial charge in [-0.15, -0.1) is 0 Å². The molecule has 1 aliphatic heterocycles. The average molecular weight is 351 g/mol. The van der Waals surface area contributed by atoms with Crippen LogP contribution >= 0.6 is 0 Å². The Morgan fingerprint density at radius 2 is 1.96 bits per heavy atom. The number of fused-ring (bicyclic) bond motifs is 1. The maximum absolute atomic E-state index is 13.1.